The molecule has 25 heavy (non-hydrogen) atoms. The quantitative estimate of drug-likeness (QED) is 0.848. The molecule has 1 saturated heterocycles. The third-order valence-electron chi connectivity index (χ3n) is 4.86. The first kappa shape index (κ1) is 17.6. The van der Waals surface area contributed by atoms with Crippen molar-refractivity contribution in [2.24, 2.45) is 5.92 Å². The molecule has 1 unspecified atom stereocenters. The normalized spacial score (nSPS) is 17.1. The van der Waals surface area contributed by atoms with Gasteiger partial charge in [0.25, 0.3) is 0 Å². The number of halogens is 1. The smallest absolute Gasteiger partial charge is 0.230 e. The maximum Gasteiger partial charge on any atom is 0.230 e. The van der Waals surface area contributed by atoms with Crippen LogP contribution in [0.25, 0.3) is 0 Å². The minimum absolute atomic E-state index is 0.113. The monoisotopic (exact) mass is 345 g/mol. The van der Waals surface area contributed by atoms with Gasteiger partial charge >= 0.3 is 0 Å². The Hall–Kier alpha value is -2.24. The van der Waals surface area contributed by atoms with E-state index in [0.29, 0.717) is 24.9 Å². The Bertz CT molecular complexity index is 719. The van der Waals surface area contributed by atoms with Gasteiger partial charge in [0.05, 0.1) is 5.92 Å². The zero-order valence-electron chi connectivity index (χ0n) is 14.9. The maximum atomic E-state index is 13.2. The van der Waals surface area contributed by atoms with Crippen molar-refractivity contribution in [3.63, 3.8) is 0 Å². The van der Waals surface area contributed by atoms with E-state index in [1.54, 1.807) is 19.1 Å². The van der Waals surface area contributed by atoms with Gasteiger partial charge in [0.1, 0.15) is 5.82 Å². The number of carbonyl (C=O) groups is 1. The van der Waals surface area contributed by atoms with Crippen LogP contribution in [0.1, 0.15) is 55.9 Å². The molecule has 3 rings (SSSR count). The number of aryl methyl sites for hydroxylation is 1. The van der Waals surface area contributed by atoms with Crippen LogP contribution in [-0.4, -0.2) is 34.1 Å². The van der Waals surface area contributed by atoms with Crippen molar-refractivity contribution in [2.45, 2.75) is 45.4 Å². The van der Waals surface area contributed by atoms with E-state index >= 15 is 0 Å². The first-order chi connectivity index (χ1) is 12.0. The highest BCUT2D eigenvalue weighted by atomic mass is 19.1. The van der Waals surface area contributed by atoms with Crippen LogP contribution in [0.5, 0.6) is 0 Å². The zero-order valence-corrected chi connectivity index (χ0v) is 14.9. The van der Waals surface area contributed by atoms with Crippen LogP contribution in [0.2, 0.25) is 0 Å². The lowest BCUT2D eigenvalue weighted by atomic mass is 9.86. The predicted molar refractivity (Wildman–Crippen MR) is 91.6 cm³/mol. The minimum atomic E-state index is -0.283. The van der Waals surface area contributed by atoms with E-state index in [1.165, 1.54) is 12.1 Å². The molecule has 2 aromatic rings. The molecular weight excluding hydrogens is 321 g/mol. The van der Waals surface area contributed by atoms with E-state index in [2.05, 4.69) is 10.2 Å². The third kappa shape index (κ3) is 3.89. The molecule has 1 fully saturated rings. The number of carbonyl (C=O) groups excluding carboxylic acids is 1. The summed E-state index contributed by atoms with van der Waals surface area (Å²) in [5, 5.41) is 7.99. The molecule has 1 aliphatic heterocycles. The maximum absolute atomic E-state index is 13.2. The second kappa shape index (κ2) is 7.33. The summed E-state index contributed by atoms with van der Waals surface area (Å²) in [4.78, 5) is 15.0. The van der Waals surface area contributed by atoms with Gasteiger partial charge in [0, 0.05) is 25.9 Å². The Morgan fingerprint density at radius 1 is 1.20 bits per heavy atom. The second-order valence-electron chi connectivity index (χ2n) is 7.03. The summed E-state index contributed by atoms with van der Waals surface area (Å²) >= 11 is 0. The fraction of sp³-hybridized carbons (Fsp3) is 0.526. The van der Waals surface area contributed by atoms with Crippen LogP contribution in [0.4, 0.5) is 4.39 Å². The molecule has 1 aliphatic rings. The first-order valence-corrected chi connectivity index (χ1v) is 8.80. The van der Waals surface area contributed by atoms with Gasteiger partial charge in [0.2, 0.25) is 17.7 Å². The lowest BCUT2D eigenvalue weighted by Gasteiger charge is -2.34. The van der Waals surface area contributed by atoms with Crippen LogP contribution in [0.15, 0.2) is 28.7 Å². The lowest BCUT2D eigenvalue weighted by molar-refractivity contribution is -0.135. The molecular formula is C19H24FN3O2. The van der Waals surface area contributed by atoms with Gasteiger partial charge in [-0.05, 0) is 36.5 Å². The van der Waals surface area contributed by atoms with Crippen molar-refractivity contribution < 1.29 is 13.6 Å². The summed E-state index contributed by atoms with van der Waals surface area (Å²) in [6.45, 7) is 7.19. The highest BCUT2D eigenvalue weighted by Crippen LogP contribution is 2.31. The summed E-state index contributed by atoms with van der Waals surface area (Å²) in [5.41, 5.74) is 0.871. The van der Waals surface area contributed by atoms with Crippen LogP contribution in [0.3, 0.4) is 0 Å². The van der Waals surface area contributed by atoms with E-state index in [0.717, 1.165) is 18.4 Å². The van der Waals surface area contributed by atoms with E-state index in [-0.39, 0.29) is 29.5 Å². The number of hydrogen-bond donors (Lipinski definition) is 0. The standard InChI is InChI=1S/C19H24FN3O2/c1-12(2)17(14-4-6-16(20)7-5-14)19(24)23-10-8-15(9-11-23)18-22-21-13(3)25-18/h4-7,12,15,17H,8-11H2,1-3H3. The number of aromatic nitrogens is 2. The number of benzene rings is 1. The molecule has 1 aromatic heterocycles. The summed E-state index contributed by atoms with van der Waals surface area (Å²) in [5.74, 6) is 1.19. The summed E-state index contributed by atoms with van der Waals surface area (Å²) in [6, 6.07) is 6.27. The van der Waals surface area contributed by atoms with Gasteiger partial charge in [-0.3, -0.25) is 4.79 Å². The van der Waals surface area contributed by atoms with Crippen molar-refractivity contribution >= 4 is 5.91 Å². The Labute approximate surface area is 147 Å². The molecule has 1 amide bonds. The Kier molecular flexibility index (Phi) is 5.16. The second-order valence-corrected chi connectivity index (χ2v) is 7.03. The highest BCUT2D eigenvalue weighted by molar-refractivity contribution is 5.84. The predicted octanol–water partition coefficient (Wildman–Crippen LogP) is 3.66. The number of hydrogen-bond acceptors (Lipinski definition) is 4. The fourth-order valence-electron chi connectivity index (χ4n) is 3.50. The van der Waals surface area contributed by atoms with Crippen molar-refractivity contribution in [1.29, 1.82) is 0 Å². The van der Waals surface area contributed by atoms with Crippen LogP contribution < -0.4 is 0 Å². The van der Waals surface area contributed by atoms with Crippen molar-refractivity contribution in [3.05, 3.63) is 47.4 Å². The van der Waals surface area contributed by atoms with E-state index in [9.17, 15) is 9.18 Å². The average molecular weight is 345 g/mol. The van der Waals surface area contributed by atoms with Gasteiger partial charge in [-0.15, -0.1) is 10.2 Å². The zero-order chi connectivity index (χ0) is 18.0. The van der Waals surface area contributed by atoms with E-state index < -0.39 is 0 Å². The topological polar surface area (TPSA) is 59.2 Å². The third-order valence-corrected chi connectivity index (χ3v) is 4.86. The molecule has 5 nitrogen and oxygen atoms in total. The number of piperidine rings is 1. The Balaban J connectivity index is 1.68. The van der Waals surface area contributed by atoms with Crippen molar-refractivity contribution in [2.75, 3.05) is 13.1 Å². The van der Waals surface area contributed by atoms with Gasteiger partial charge < -0.3 is 9.32 Å². The van der Waals surface area contributed by atoms with Crippen LogP contribution in [-0.2, 0) is 4.79 Å². The molecule has 0 saturated carbocycles. The number of rotatable bonds is 4. The van der Waals surface area contributed by atoms with Gasteiger partial charge in [0.15, 0.2) is 0 Å². The number of amides is 1. The van der Waals surface area contributed by atoms with Crippen LogP contribution >= 0.6 is 0 Å². The molecule has 0 bridgehead atoms. The highest BCUT2D eigenvalue weighted by Gasteiger charge is 2.32. The van der Waals surface area contributed by atoms with Gasteiger partial charge in [-0.1, -0.05) is 26.0 Å². The Morgan fingerprint density at radius 3 is 2.36 bits per heavy atom. The largest absolute Gasteiger partial charge is 0.425 e. The fourth-order valence-corrected chi connectivity index (χ4v) is 3.50. The van der Waals surface area contributed by atoms with Gasteiger partial charge in [-0.2, -0.15) is 0 Å². The molecule has 1 aromatic carbocycles. The molecule has 134 valence electrons. The van der Waals surface area contributed by atoms with E-state index in [4.69, 9.17) is 4.42 Å². The average Bonchev–Trinajstić information content (AvgIpc) is 3.03. The first-order valence-electron chi connectivity index (χ1n) is 8.80. The molecule has 0 N–H and O–H groups in total. The lowest BCUT2D eigenvalue weighted by Crippen LogP contribution is -2.41. The SMILES string of the molecule is Cc1nnc(C2CCN(C(=O)C(c3ccc(F)cc3)C(C)C)CC2)o1. The summed E-state index contributed by atoms with van der Waals surface area (Å²) < 4.78 is 18.7. The number of nitrogens with zero attached hydrogens (tertiary/aromatic N) is 3. The van der Waals surface area contributed by atoms with Crippen molar-refractivity contribution in [1.82, 2.24) is 15.1 Å². The molecule has 6 heteroatoms. The summed E-state index contributed by atoms with van der Waals surface area (Å²) in [7, 11) is 0. The number of likely N-dealkylation sites (tertiary alicyclic amines) is 1. The molecule has 1 atom stereocenters. The summed E-state index contributed by atoms with van der Waals surface area (Å²) in [6.07, 6.45) is 1.64. The van der Waals surface area contributed by atoms with Crippen molar-refractivity contribution in [3.8, 4) is 0 Å². The minimum Gasteiger partial charge on any atom is -0.425 e. The van der Waals surface area contributed by atoms with E-state index in [1.807, 2.05) is 18.7 Å². The molecule has 2 heterocycles. The molecule has 0 radical (unpaired) electrons. The molecule has 0 spiro atoms. The Morgan fingerprint density at radius 2 is 1.84 bits per heavy atom. The van der Waals surface area contributed by atoms with Gasteiger partial charge in [-0.25, -0.2) is 4.39 Å². The van der Waals surface area contributed by atoms with Crippen LogP contribution in [0, 0.1) is 18.7 Å². The molecule has 0 aliphatic carbocycles.